The number of aryl methyl sites for hydroxylation is 1. The van der Waals surface area contributed by atoms with E-state index in [1.54, 1.807) is 6.92 Å². The van der Waals surface area contributed by atoms with Gasteiger partial charge in [0.1, 0.15) is 10.6 Å². The Bertz CT molecular complexity index is 1240. The third-order valence-electron chi connectivity index (χ3n) is 4.17. The number of amides is 1. The Labute approximate surface area is 159 Å². The first-order chi connectivity index (χ1) is 13.1. The van der Waals surface area contributed by atoms with Gasteiger partial charge in [0.15, 0.2) is 0 Å². The number of phenolic OH excluding ortho intramolecular Hbond substituents is 1. The minimum atomic E-state index is -4.62. The van der Waals surface area contributed by atoms with Crippen LogP contribution in [0.5, 0.6) is 5.75 Å². The van der Waals surface area contributed by atoms with Crippen molar-refractivity contribution in [2.24, 2.45) is 0 Å². The molecule has 3 aromatic carbocycles. The molecule has 0 aromatic heterocycles. The molecule has 0 heterocycles. The molecular formula is C18H14N2O7S. The van der Waals surface area contributed by atoms with Gasteiger partial charge < -0.3 is 10.4 Å². The lowest BCUT2D eigenvalue weighted by molar-refractivity contribution is -0.385. The Hall–Kier alpha value is -3.50. The highest BCUT2D eigenvalue weighted by atomic mass is 32.2. The second-order valence-corrected chi connectivity index (χ2v) is 7.39. The highest BCUT2D eigenvalue weighted by molar-refractivity contribution is 7.86. The van der Waals surface area contributed by atoms with Gasteiger partial charge in [-0.05, 0) is 31.2 Å². The van der Waals surface area contributed by atoms with Gasteiger partial charge in [-0.1, -0.05) is 18.2 Å². The molecule has 0 aliphatic heterocycles. The van der Waals surface area contributed by atoms with E-state index in [-0.39, 0.29) is 27.7 Å². The van der Waals surface area contributed by atoms with Gasteiger partial charge in [-0.2, -0.15) is 8.42 Å². The van der Waals surface area contributed by atoms with E-state index in [0.717, 1.165) is 12.1 Å². The van der Waals surface area contributed by atoms with E-state index in [9.17, 15) is 33.0 Å². The van der Waals surface area contributed by atoms with Crippen LogP contribution in [0.4, 0.5) is 11.4 Å². The molecule has 0 fully saturated rings. The number of nitro groups is 1. The zero-order valence-electron chi connectivity index (χ0n) is 14.4. The Morgan fingerprint density at radius 2 is 1.86 bits per heavy atom. The van der Waals surface area contributed by atoms with E-state index >= 15 is 0 Å². The minimum absolute atomic E-state index is 0.0319. The van der Waals surface area contributed by atoms with Crippen LogP contribution in [-0.2, 0) is 10.1 Å². The summed E-state index contributed by atoms with van der Waals surface area (Å²) >= 11 is 0. The molecule has 0 saturated heterocycles. The van der Waals surface area contributed by atoms with E-state index in [1.807, 2.05) is 0 Å². The van der Waals surface area contributed by atoms with Crippen molar-refractivity contribution in [3.63, 3.8) is 0 Å². The number of aromatic hydroxyl groups is 1. The number of anilines is 1. The number of phenols is 1. The van der Waals surface area contributed by atoms with Gasteiger partial charge >= 0.3 is 0 Å². The molecule has 3 aromatic rings. The molecule has 1 amide bonds. The van der Waals surface area contributed by atoms with Crippen LogP contribution in [0, 0.1) is 17.0 Å². The largest absolute Gasteiger partial charge is 0.507 e. The molecule has 0 aliphatic carbocycles. The lowest BCUT2D eigenvalue weighted by Crippen LogP contribution is -2.13. The number of hydrogen-bond donors (Lipinski definition) is 3. The van der Waals surface area contributed by atoms with Gasteiger partial charge in [-0.25, -0.2) is 0 Å². The van der Waals surface area contributed by atoms with Crippen LogP contribution in [-0.4, -0.2) is 28.9 Å². The van der Waals surface area contributed by atoms with Gasteiger partial charge in [-0.3, -0.25) is 19.5 Å². The number of rotatable bonds is 4. The third-order valence-corrected chi connectivity index (χ3v) is 5.07. The summed E-state index contributed by atoms with van der Waals surface area (Å²) in [5.41, 5.74) is 0.377. The lowest BCUT2D eigenvalue weighted by atomic mass is 10.1. The number of carbonyl (C=O) groups is 1. The van der Waals surface area contributed by atoms with Crippen molar-refractivity contribution >= 4 is 38.2 Å². The zero-order valence-corrected chi connectivity index (χ0v) is 15.2. The van der Waals surface area contributed by atoms with Crippen molar-refractivity contribution in [3.05, 3.63) is 69.8 Å². The Morgan fingerprint density at radius 1 is 1.14 bits per heavy atom. The Kier molecular flexibility index (Phi) is 4.75. The predicted molar refractivity (Wildman–Crippen MR) is 101 cm³/mol. The summed E-state index contributed by atoms with van der Waals surface area (Å²) in [5, 5.41) is 23.7. The summed E-state index contributed by atoms with van der Waals surface area (Å²) in [6, 6.07) is 10.4. The first-order valence-electron chi connectivity index (χ1n) is 7.88. The fraction of sp³-hybridized carbons (Fsp3) is 0.0556. The molecule has 0 atom stereocenters. The summed E-state index contributed by atoms with van der Waals surface area (Å²) in [5.74, 6) is -1.06. The van der Waals surface area contributed by atoms with Crippen LogP contribution in [0.3, 0.4) is 0 Å². The van der Waals surface area contributed by atoms with Gasteiger partial charge in [0.25, 0.3) is 21.7 Å². The van der Waals surface area contributed by atoms with Crippen LogP contribution in [0.1, 0.15) is 15.9 Å². The second kappa shape index (κ2) is 6.91. The SMILES string of the molecule is Cc1ccc(C(=O)Nc2ccc(O)c3c(S(=O)(=O)O)cccc23)cc1[N+](=O)[O-]. The summed E-state index contributed by atoms with van der Waals surface area (Å²) < 4.78 is 32.5. The molecule has 144 valence electrons. The third kappa shape index (κ3) is 3.50. The Balaban J connectivity index is 2.09. The molecule has 3 rings (SSSR count). The average Bonchev–Trinajstić information content (AvgIpc) is 2.63. The van der Waals surface area contributed by atoms with Crippen LogP contribution in [0.15, 0.2) is 53.4 Å². The second-order valence-electron chi connectivity index (χ2n) is 6.00. The van der Waals surface area contributed by atoms with Crippen LogP contribution in [0.2, 0.25) is 0 Å². The normalized spacial score (nSPS) is 11.4. The molecule has 0 saturated carbocycles. The molecule has 9 nitrogen and oxygen atoms in total. The van der Waals surface area contributed by atoms with Crippen molar-refractivity contribution in [1.82, 2.24) is 0 Å². The first kappa shape index (κ1) is 19.3. The first-order valence-corrected chi connectivity index (χ1v) is 9.32. The smallest absolute Gasteiger partial charge is 0.295 e. The lowest BCUT2D eigenvalue weighted by Gasteiger charge is -2.12. The van der Waals surface area contributed by atoms with E-state index < -0.39 is 31.6 Å². The average molecular weight is 402 g/mol. The summed E-state index contributed by atoms with van der Waals surface area (Å²) in [7, 11) is -4.62. The van der Waals surface area contributed by atoms with Crippen molar-refractivity contribution < 1.29 is 27.8 Å². The fourth-order valence-corrected chi connectivity index (χ4v) is 3.54. The number of fused-ring (bicyclic) bond motifs is 1. The van der Waals surface area contributed by atoms with Gasteiger partial charge in [0, 0.05) is 33.7 Å². The highest BCUT2D eigenvalue weighted by Gasteiger charge is 2.20. The molecule has 0 aliphatic rings. The Morgan fingerprint density at radius 3 is 2.50 bits per heavy atom. The van der Waals surface area contributed by atoms with Crippen molar-refractivity contribution in [1.29, 1.82) is 0 Å². The van der Waals surface area contributed by atoms with E-state index in [4.69, 9.17) is 0 Å². The number of nitrogens with one attached hydrogen (secondary N) is 1. The molecule has 28 heavy (non-hydrogen) atoms. The van der Waals surface area contributed by atoms with Gasteiger partial charge in [0.2, 0.25) is 0 Å². The number of nitrogens with zero attached hydrogens (tertiary/aromatic N) is 1. The fourth-order valence-electron chi connectivity index (χ4n) is 2.82. The quantitative estimate of drug-likeness (QED) is 0.263. The summed E-state index contributed by atoms with van der Waals surface area (Å²) in [6.07, 6.45) is 0. The standard InChI is InChI=1S/C18H14N2O7S/c1-10-5-6-11(9-14(10)20(23)24)18(22)19-13-7-8-15(21)17-12(13)3-2-4-16(17)28(25,26)27/h2-9,21H,1H3,(H,19,22)(H,25,26,27). The van der Waals surface area contributed by atoms with Gasteiger partial charge in [0.05, 0.1) is 4.92 Å². The van der Waals surface area contributed by atoms with Crippen LogP contribution in [0.25, 0.3) is 10.8 Å². The van der Waals surface area contributed by atoms with Crippen molar-refractivity contribution in [3.8, 4) is 5.75 Å². The molecule has 0 bridgehead atoms. The zero-order chi connectivity index (χ0) is 20.6. The monoisotopic (exact) mass is 402 g/mol. The van der Waals surface area contributed by atoms with E-state index in [2.05, 4.69) is 5.32 Å². The molecule has 0 unspecified atom stereocenters. The number of hydrogen-bond acceptors (Lipinski definition) is 6. The molecule has 10 heteroatoms. The van der Waals surface area contributed by atoms with Crippen LogP contribution < -0.4 is 5.32 Å². The van der Waals surface area contributed by atoms with E-state index in [0.29, 0.717) is 5.56 Å². The maximum Gasteiger partial charge on any atom is 0.295 e. The molecule has 0 spiro atoms. The van der Waals surface area contributed by atoms with Crippen molar-refractivity contribution in [2.45, 2.75) is 11.8 Å². The highest BCUT2D eigenvalue weighted by Crippen LogP contribution is 2.35. The number of carbonyl (C=O) groups excluding carboxylic acids is 1. The maximum atomic E-state index is 12.5. The maximum absolute atomic E-state index is 12.5. The van der Waals surface area contributed by atoms with Gasteiger partial charge in [-0.15, -0.1) is 0 Å². The topological polar surface area (TPSA) is 147 Å². The molecular weight excluding hydrogens is 388 g/mol. The number of benzene rings is 3. The number of nitro benzene ring substituents is 1. The minimum Gasteiger partial charge on any atom is -0.507 e. The molecule has 0 radical (unpaired) electrons. The summed E-state index contributed by atoms with van der Waals surface area (Å²) in [4.78, 5) is 22.5. The van der Waals surface area contributed by atoms with E-state index in [1.165, 1.54) is 36.4 Å². The molecule has 3 N–H and O–H groups in total. The predicted octanol–water partition coefficient (Wildman–Crippen LogP) is 3.26. The van der Waals surface area contributed by atoms with Crippen LogP contribution >= 0.6 is 0 Å². The summed E-state index contributed by atoms with van der Waals surface area (Å²) in [6.45, 7) is 1.55. The van der Waals surface area contributed by atoms with Crippen molar-refractivity contribution in [2.75, 3.05) is 5.32 Å².